The van der Waals surface area contributed by atoms with Gasteiger partial charge in [-0.1, -0.05) is 48.5 Å². The van der Waals surface area contributed by atoms with E-state index in [0.29, 0.717) is 11.4 Å². The number of esters is 1. The van der Waals surface area contributed by atoms with Crippen molar-refractivity contribution in [2.75, 3.05) is 32.1 Å². The molecule has 8 nitrogen and oxygen atoms in total. The Hall–Kier alpha value is -3.98. The molecule has 1 aliphatic rings. The van der Waals surface area contributed by atoms with E-state index in [9.17, 15) is 14.4 Å². The van der Waals surface area contributed by atoms with Gasteiger partial charge in [0.15, 0.2) is 6.10 Å². The number of anilines is 1. The Morgan fingerprint density at radius 3 is 2.41 bits per heavy atom. The number of benzene rings is 3. The zero-order valence-electron chi connectivity index (χ0n) is 22.5. The fraction of sp³-hybridized carbons (Fsp3) is 0.300. The van der Waals surface area contributed by atoms with Gasteiger partial charge in [0.25, 0.3) is 5.91 Å². The van der Waals surface area contributed by atoms with Gasteiger partial charge in [0.2, 0.25) is 0 Å². The summed E-state index contributed by atoms with van der Waals surface area (Å²) in [4.78, 5) is 42.7. The van der Waals surface area contributed by atoms with Crippen LogP contribution in [0.3, 0.4) is 0 Å². The smallest absolute Gasteiger partial charge is 0.409 e. The molecule has 2 amide bonds. The summed E-state index contributed by atoms with van der Waals surface area (Å²) in [7, 11) is 3.22. The van der Waals surface area contributed by atoms with Gasteiger partial charge in [0.05, 0.1) is 18.0 Å². The van der Waals surface area contributed by atoms with E-state index in [1.54, 1.807) is 19.1 Å². The molecule has 0 radical (unpaired) electrons. The lowest BCUT2D eigenvalue weighted by Crippen LogP contribution is -2.46. The van der Waals surface area contributed by atoms with Crippen LogP contribution in [0.5, 0.6) is 5.75 Å². The number of methoxy groups -OCH3 is 1. The van der Waals surface area contributed by atoms with Crippen molar-refractivity contribution < 1.29 is 28.6 Å². The largest absolute Gasteiger partial charge is 0.497 e. The molecule has 0 aliphatic carbocycles. The number of likely N-dealkylation sites (N-methyl/N-ethyl adjacent to an activating group) is 1. The normalized spacial score (nSPS) is 16.6. The average molecular weight is 549 g/mol. The summed E-state index contributed by atoms with van der Waals surface area (Å²) in [6.45, 7) is 3.85. The van der Waals surface area contributed by atoms with Crippen molar-refractivity contribution in [1.82, 2.24) is 4.90 Å². The molecule has 0 saturated carbocycles. The lowest BCUT2D eigenvalue weighted by atomic mass is 10.1. The summed E-state index contributed by atoms with van der Waals surface area (Å²) in [6, 6.07) is 22.7. The third kappa shape index (κ3) is 6.92. The summed E-state index contributed by atoms with van der Waals surface area (Å²) in [5.74, 6) is -0.212. The Labute approximate surface area is 232 Å². The molecule has 2 unspecified atom stereocenters. The third-order valence-electron chi connectivity index (χ3n) is 6.36. The van der Waals surface area contributed by atoms with Gasteiger partial charge >= 0.3 is 12.1 Å². The molecule has 0 N–H and O–H groups in total. The topological polar surface area (TPSA) is 85.4 Å². The fourth-order valence-electron chi connectivity index (χ4n) is 4.27. The van der Waals surface area contributed by atoms with Crippen molar-refractivity contribution in [1.29, 1.82) is 0 Å². The standard InChI is InChI=1S/C30H32N2O6S/c1-20-10-15-25-26(18-20)39-28(23-11-13-24(36-4)14-12-23)27(38-21(2)33)29(34)32(25)17-16-31(3)30(35)37-19-22-8-6-5-7-9-22/h5-15,18,27-28H,16-17,19H2,1-4H3. The zero-order valence-corrected chi connectivity index (χ0v) is 23.3. The van der Waals surface area contributed by atoms with Crippen LogP contribution in [0.1, 0.15) is 28.9 Å². The number of nitrogens with zero attached hydrogens (tertiary/aromatic N) is 2. The maximum absolute atomic E-state index is 14.0. The minimum atomic E-state index is -1.07. The van der Waals surface area contributed by atoms with E-state index in [4.69, 9.17) is 14.2 Å². The number of hydrogen-bond acceptors (Lipinski definition) is 7. The molecule has 3 aromatic rings. The number of carbonyl (C=O) groups is 3. The van der Waals surface area contributed by atoms with Crippen LogP contribution in [0.15, 0.2) is 77.7 Å². The monoisotopic (exact) mass is 548 g/mol. The molecule has 2 atom stereocenters. The fourth-order valence-corrected chi connectivity index (χ4v) is 5.68. The maximum Gasteiger partial charge on any atom is 0.409 e. The molecular weight excluding hydrogens is 516 g/mol. The van der Waals surface area contributed by atoms with Crippen LogP contribution in [0.2, 0.25) is 0 Å². The van der Waals surface area contributed by atoms with Crippen LogP contribution in [0, 0.1) is 6.92 Å². The lowest BCUT2D eigenvalue weighted by molar-refractivity contribution is -0.152. The molecule has 0 spiro atoms. The number of thioether (sulfide) groups is 1. The van der Waals surface area contributed by atoms with Crippen LogP contribution in [-0.4, -0.2) is 56.2 Å². The van der Waals surface area contributed by atoms with Crippen molar-refractivity contribution in [3.8, 4) is 5.75 Å². The second-order valence-electron chi connectivity index (χ2n) is 9.26. The molecule has 3 aromatic carbocycles. The van der Waals surface area contributed by atoms with Gasteiger partial charge in [0.1, 0.15) is 12.4 Å². The Morgan fingerprint density at radius 2 is 1.74 bits per heavy atom. The molecule has 1 aliphatic heterocycles. The second-order valence-corrected chi connectivity index (χ2v) is 10.4. The SMILES string of the molecule is COc1ccc(C2Sc3cc(C)ccc3N(CCN(C)C(=O)OCc3ccccc3)C(=O)C2OC(C)=O)cc1. The van der Waals surface area contributed by atoms with Crippen molar-refractivity contribution in [3.63, 3.8) is 0 Å². The lowest BCUT2D eigenvalue weighted by Gasteiger charge is -2.29. The van der Waals surface area contributed by atoms with E-state index in [2.05, 4.69) is 0 Å². The summed E-state index contributed by atoms with van der Waals surface area (Å²) in [6.07, 6.45) is -1.56. The number of rotatable bonds is 8. The summed E-state index contributed by atoms with van der Waals surface area (Å²) < 4.78 is 16.4. The zero-order chi connectivity index (χ0) is 27.9. The first-order valence-electron chi connectivity index (χ1n) is 12.6. The highest BCUT2D eigenvalue weighted by Crippen LogP contribution is 2.47. The first kappa shape index (κ1) is 28.0. The van der Waals surface area contributed by atoms with E-state index < -0.39 is 23.4 Å². The predicted octanol–water partition coefficient (Wildman–Crippen LogP) is 5.38. The van der Waals surface area contributed by atoms with Crippen LogP contribution in [-0.2, 0) is 25.7 Å². The maximum atomic E-state index is 14.0. The van der Waals surface area contributed by atoms with E-state index >= 15 is 0 Å². The van der Waals surface area contributed by atoms with Gasteiger partial charge in [-0.15, -0.1) is 11.8 Å². The first-order chi connectivity index (χ1) is 18.8. The van der Waals surface area contributed by atoms with Crippen LogP contribution >= 0.6 is 11.8 Å². The van der Waals surface area contributed by atoms with Crippen molar-refractivity contribution in [2.24, 2.45) is 0 Å². The van der Waals surface area contributed by atoms with Crippen molar-refractivity contribution in [2.45, 2.75) is 36.7 Å². The second kappa shape index (κ2) is 12.7. The minimum Gasteiger partial charge on any atom is -0.497 e. The van der Waals surface area contributed by atoms with Crippen molar-refractivity contribution in [3.05, 3.63) is 89.5 Å². The Bertz CT molecular complexity index is 1310. The van der Waals surface area contributed by atoms with Gasteiger partial charge in [-0.2, -0.15) is 0 Å². The number of ether oxygens (including phenoxy) is 3. The highest BCUT2D eigenvalue weighted by Gasteiger charge is 2.41. The molecule has 4 rings (SSSR count). The molecule has 0 fully saturated rings. The predicted molar refractivity (Wildman–Crippen MR) is 150 cm³/mol. The summed E-state index contributed by atoms with van der Waals surface area (Å²) in [5.41, 5.74) is 3.46. The Morgan fingerprint density at radius 1 is 1.03 bits per heavy atom. The molecule has 1 heterocycles. The quantitative estimate of drug-likeness (QED) is 0.349. The van der Waals surface area contributed by atoms with E-state index in [1.165, 1.54) is 23.6 Å². The van der Waals surface area contributed by atoms with Gasteiger partial charge in [-0.3, -0.25) is 9.59 Å². The van der Waals surface area contributed by atoms with Crippen LogP contribution in [0.25, 0.3) is 0 Å². The van der Waals surface area contributed by atoms with Gasteiger partial charge < -0.3 is 24.0 Å². The average Bonchev–Trinajstić information content (AvgIpc) is 3.04. The Kier molecular flexibility index (Phi) is 9.14. The molecule has 0 aromatic heterocycles. The number of hydrogen-bond donors (Lipinski definition) is 0. The summed E-state index contributed by atoms with van der Waals surface area (Å²) in [5, 5.41) is -0.480. The van der Waals surface area contributed by atoms with E-state index in [-0.39, 0.29) is 25.6 Å². The third-order valence-corrected chi connectivity index (χ3v) is 7.71. The van der Waals surface area contributed by atoms with Gasteiger partial charge in [-0.25, -0.2) is 4.79 Å². The summed E-state index contributed by atoms with van der Waals surface area (Å²) >= 11 is 1.48. The molecule has 204 valence electrons. The van der Waals surface area contributed by atoms with Gasteiger partial charge in [-0.05, 0) is 47.9 Å². The van der Waals surface area contributed by atoms with Crippen LogP contribution < -0.4 is 9.64 Å². The molecule has 0 bridgehead atoms. The van der Waals surface area contributed by atoms with Crippen molar-refractivity contribution >= 4 is 35.4 Å². The number of fused-ring (bicyclic) bond motifs is 1. The molecule has 39 heavy (non-hydrogen) atoms. The van der Waals surface area contributed by atoms with E-state index in [1.807, 2.05) is 79.7 Å². The molecule has 0 saturated heterocycles. The number of aryl methyl sites for hydroxylation is 1. The van der Waals surface area contributed by atoms with Crippen LogP contribution in [0.4, 0.5) is 10.5 Å². The number of carbonyl (C=O) groups excluding carboxylic acids is 3. The number of amides is 2. The molecular formula is C30H32N2O6S. The van der Waals surface area contributed by atoms with Gasteiger partial charge in [0, 0.05) is 32.0 Å². The van der Waals surface area contributed by atoms with E-state index in [0.717, 1.165) is 21.6 Å². The minimum absolute atomic E-state index is 0.156. The highest BCUT2D eigenvalue weighted by atomic mass is 32.2. The highest BCUT2D eigenvalue weighted by molar-refractivity contribution is 7.99. The molecule has 9 heteroatoms. The first-order valence-corrected chi connectivity index (χ1v) is 13.5. The Balaban J connectivity index is 1.58.